The first-order valence-corrected chi connectivity index (χ1v) is 15.5. The van der Waals surface area contributed by atoms with Crippen molar-refractivity contribution in [2.45, 2.75) is 51.4 Å². The van der Waals surface area contributed by atoms with Crippen LogP contribution in [0.3, 0.4) is 0 Å². The summed E-state index contributed by atoms with van der Waals surface area (Å²) in [6.07, 6.45) is 3.74. The van der Waals surface area contributed by atoms with Crippen LogP contribution in [0.5, 0.6) is 0 Å². The Balaban J connectivity index is 1.30. The summed E-state index contributed by atoms with van der Waals surface area (Å²) in [5, 5.41) is 4.30. The molecule has 4 aromatic rings. The zero-order chi connectivity index (χ0) is 29.3. The molecule has 2 spiro atoms. The first-order valence-electron chi connectivity index (χ1n) is 15.5. The number of rotatable bonds is 2. The molecule has 6 nitrogen and oxygen atoms in total. The van der Waals surface area contributed by atoms with Crippen LogP contribution >= 0.6 is 0 Å². The standard InChI is InChI=1S/C37H34N2O4/c40-32-11-5-12-33(41)36(32)19-28-26-9-3-1-7-24(26)15-17-30(28)38(21-36)23-39-22-37(34(42)13-6-14-35(37)43)20-29-27-10-4-2-8-25(27)16-18-31(29)39/h1-4,7-10,15-18H,5-6,11-14,19-23H2. The van der Waals surface area contributed by atoms with Gasteiger partial charge in [0.05, 0.1) is 6.67 Å². The summed E-state index contributed by atoms with van der Waals surface area (Å²) < 4.78 is 0. The van der Waals surface area contributed by atoms with Gasteiger partial charge >= 0.3 is 0 Å². The van der Waals surface area contributed by atoms with Crippen LogP contribution < -0.4 is 9.80 Å². The Morgan fingerprint density at radius 3 is 1.33 bits per heavy atom. The molecule has 2 aliphatic heterocycles. The van der Waals surface area contributed by atoms with Crippen molar-refractivity contribution in [1.29, 1.82) is 0 Å². The number of ketones is 4. The lowest BCUT2D eigenvalue weighted by Crippen LogP contribution is -2.60. The molecule has 0 unspecified atom stereocenters. The average Bonchev–Trinajstić information content (AvgIpc) is 3.02. The Kier molecular flexibility index (Phi) is 5.87. The lowest BCUT2D eigenvalue weighted by atomic mass is 9.65. The Morgan fingerprint density at radius 2 is 0.907 bits per heavy atom. The van der Waals surface area contributed by atoms with Gasteiger partial charge in [-0.3, -0.25) is 19.2 Å². The molecule has 0 atom stereocenters. The van der Waals surface area contributed by atoms with Crippen LogP contribution in [0, 0.1) is 10.8 Å². The molecule has 2 fully saturated rings. The van der Waals surface area contributed by atoms with Crippen LogP contribution in [-0.2, 0) is 32.0 Å². The molecule has 0 radical (unpaired) electrons. The van der Waals surface area contributed by atoms with Crippen molar-refractivity contribution in [3.63, 3.8) is 0 Å². The molecule has 0 bridgehead atoms. The van der Waals surface area contributed by atoms with Crippen LogP contribution in [0.15, 0.2) is 72.8 Å². The fraction of sp³-hybridized carbons (Fsp3) is 0.351. The van der Waals surface area contributed by atoms with E-state index >= 15 is 0 Å². The molecule has 2 aliphatic carbocycles. The minimum Gasteiger partial charge on any atom is -0.352 e. The number of benzene rings is 4. The third kappa shape index (κ3) is 3.85. The van der Waals surface area contributed by atoms with Gasteiger partial charge in [0, 0.05) is 50.1 Å². The highest BCUT2D eigenvalue weighted by molar-refractivity contribution is 6.12. The van der Waals surface area contributed by atoms with Gasteiger partial charge in [-0.25, -0.2) is 0 Å². The summed E-state index contributed by atoms with van der Waals surface area (Å²) in [5.41, 5.74) is 1.93. The van der Waals surface area contributed by atoms with Gasteiger partial charge in [0.15, 0.2) is 0 Å². The Labute approximate surface area is 250 Å². The number of Topliss-reactive ketones (excluding diaryl/α,β-unsaturated/α-hetero) is 4. The number of nitrogens with zero attached hydrogens (tertiary/aromatic N) is 2. The quantitative estimate of drug-likeness (QED) is 0.276. The molecule has 6 heteroatoms. The van der Waals surface area contributed by atoms with Gasteiger partial charge < -0.3 is 9.80 Å². The summed E-state index contributed by atoms with van der Waals surface area (Å²) in [4.78, 5) is 59.1. The van der Waals surface area contributed by atoms with Crippen molar-refractivity contribution in [3.8, 4) is 0 Å². The van der Waals surface area contributed by atoms with Crippen molar-refractivity contribution in [2.24, 2.45) is 10.8 Å². The number of anilines is 2. The maximum Gasteiger partial charge on any atom is 0.148 e. The van der Waals surface area contributed by atoms with E-state index in [0.717, 1.165) is 44.0 Å². The van der Waals surface area contributed by atoms with Crippen molar-refractivity contribution >= 4 is 56.1 Å². The van der Waals surface area contributed by atoms with Crippen molar-refractivity contribution in [2.75, 3.05) is 29.6 Å². The van der Waals surface area contributed by atoms with Crippen LogP contribution in [0.4, 0.5) is 11.4 Å². The maximum absolute atomic E-state index is 13.7. The molecule has 4 aliphatic rings. The second-order valence-corrected chi connectivity index (χ2v) is 13.0. The van der Waals surface area contributed by atoms with Gasteiger partial charge in [0.1, 0.15) is 34.0 Å². The van der Waals surface area contributed by atoms with Crippen molar-refractivity contribution < 1.29 is 19.2 Å². The molecule has 2 heterocycles. The predicted octanol–water partition coefficient (Wildman–Crippen LogP) is 5.99. The molecule has 8 rings (SSSR count). The lowest BCUT2D eigenvalue weighted by Gasteiger charge is -2.49. The van der Waals surface area contributed by atoms with E-state index in [0.29, 0.717) is 71.1 Å². The summed E-state index contributed by atoms with van der Waals surface area (Å²) >= 11 is 0. The van der Waals surface area contributed by atoms with Gasteiger partial charge in [0.25, 0.3) is 0 Å². The molecule has 43 heavy (non-hydrogen) atoms. The monoisotopic (exact) mass is 570 g/mol. The second-order valence-electron chi connectivity index (χ2n) is 13.0. The van der Waals surface area contributed by atoms with Gasteiger partial charge in [-0.05, 0) is 70.5 Å². The van der Waals surface area contributed by atoms with Gasteiger partial charge in [-0.15, -0.1) is 0 Å². The lowest BCUT2D eigenvalue weighted by molar-refractivity contribution is -0.144. The smallest absolute Gasteiger partial charge is 0.148 e. The van der Waals surface area contributed by atoms with Crippen molar-refractivity contribution in [3.05, 3.63) is 83.9 Å². The Bertz CT molecular complexity index is 1710. The molecular formula is C37H34N2O4. The normalized spacial score (nSPS) is 21.1. The van der Waals surface area contributed by atoms with E-state index in [2.05, 4.69) is 58.3 Å². The highest BCUT2D eigenvalue weighted by Crippen LogP contribution is 2.48. The number of fused-ring (bicyclic) bond motifs is 6. The molecule has 0 saturated heterocycles. The third-order valence-corrected chi connectivity index (χ3v) is 10.7. The van der Waals surface area contributed by atoms with Crippen LogP contribution in [0.2, 0.25) is 0 Å². The number of carbonyl (C=O) groups is 4. The minimum absolute atomic E-state index is 0.0338. The first kappa shape index (κ1) is 26.3. The Hall–Kier alpha value is -4.32. The summed E-state index contributed by atoms with van der Waals surface area (Å²) in [6, 6.07) is 24.8. The molecule has 4 aromatic carbocycles. The maximum atomic E-state index is 13.7. The van der Waals surface area contributed by atoms with E-state index in [-0.39, 0.29) is 23.1 Å². The minimum atomic E-state index is -1.08. The average molecular weight is 571 g/mol. The zero-order valence-electron chi connectivity index (χ0n) is 24.2. The number of carbonyl (C=O) groups excluding carboxylic acids is 4. The fourth-order valence-electron chi connectivity index (χ4n) is 8.44. The third-order valence-electron chi connectivity index (χ3n) is 10.7. The molecule has 216 valence electrons. The van der Waals surface area contributed by atoms with Gasteiger partial charge in [-0.1, -0.05) is 60.7 Å². The summed E-state index contributed by atoms with van der Waals surface area (Å²) in [7, 11) is 0. The largest absolute Gasteiger partial charge is 0.352 e. The SMILES string of the molecule is O=C1CCCC(=O)C12Cc1c(ccc3ccccc13)N(CN1CC3(Cc4c1ccc1ccccc41)C(=O)CCCC3=O)C2. The van der Waals surface area contributed by atoms with Crippen LogP contribution in [0.25, 0.3) is 21.5 Å². The fourth-order valence-corrected chi connectivity index (χ4v) is 8.44. The second kappa shape index (κ2) is 9.60. The molecular weight excluding hydrogens is 536 g/mol. The van der Waals surface area contributed by atoms with Crippen LogP contribution in [0.1, 0.15) is 49.7 Å². The number of hydrogen-bond acceptors (Lipinski definition) is 6. The van der Waals surface area contributed by atoms with Gasteiger partial charge in [0.2, 0.25) is 0 Å². The zero-order valence-corrected chi connectivity index (χ0v) is 24.2. The highest BCUT2D eigenvalue weighted by Gasteiger charge is 2.53. The first-order chi connectivity index (χ1) is 20.9. The summed E-state index contributed by atoms with van der Waals surface area (Å²) in [6.45, 7) is 0.996. The molecule has 0 amide bonds. The Morgan fingerprint density at radius 1 is 0.512 bits per heavy atom. The van der Waals surface area contributed by atoms with E-state index in [1.165, 1.54) is 0 Å². The topological polar surface area (TPSA) is 74.8 Å². The van der Waals surface area contributed by atoms with Crippen LogP contribution in [-0.4, -0.2) is 42.9 Å². The van der Waals surface area contributed by atoms with E-state index in [1.807, 2.05) is 24.3 Å². The number of hydrogen-bond donors (Lipinski definition) is 0. The van der Waals surface area contributed by atoms with Crippen molar-refractivity contribution in [1.82, 2.24) is 0 Å². The summed E-state index contributed by atoms with van der Waals surface area (Å²) in [5.74, 6) is 0.135. The molecule has 0 aromatic heterocycles. The predicted molar refractivity (Wildman–Crippen MR) is 167 cm³/mol. The van der Waals surface area contributed by atoms with E-state index in [4.69, 9.17) is 0 Å². The van der Waals surface area contributed by atoms with Gasteiger partial charge in [-0.2, -0.15) is 0 Å². The van der Waals surface area contributed by atoms with E-state index in [9.17, 15) is 19.2 Å². The molecule has 2 saturated carbocycles. The highest BCUT2D eigenvalue weighted by atomic mass is 16.2. The van der Waals surface area contributed by atoms with E-state index < -0.39 is 10.8 Å². The van der Waals surface area contributed by atoms with E-state index in [1.54, 1.807) is 0 Å². The molecule has 0 N–H and O–H groups in total.